The van der Waals surface area contributed by atoms with Gasteiger partial charge < -0.3 is 15.4 Å². The number of morpholine rings is 1. The molecule has 1 aliphatic rings. The highest BCUT2D eigenvalue weighted by Gasteiger charge is 2.16. The minimum Gasteiger partial charge on any atom is -0.379 e. The summed E-state index contributed by atoms with van der Waals surface area (Å²) in [4.78, 5) is 26.9. The fourth-order valence-corrected chi connectivity index (χ4v) is 3.65. The number of ether oxygens (including phenoxy) is 1. The SMILES string of the molecule is O=C(CCCl)Nc1ccc2[nH]nc(C(=O)Nc3ccc(CN4CCOCC4)cc3)c2c1. The van der Waals surface area contributed by atoms with Crippen molar-refractivity contribution < 1.29 is 14.3 Å². The second kappa shape index (κ2) is 9.91. The van der Waals surface area contributed by atoms with Crippen molar-refractivity contribution >= 4 is 45.7 Å². The molecular formula is C22H24ClN5O3. The zero-order valence-corrected chi connectivity index (χ0v) is 17.7. The van der Waals surface area contributed by atoms with Crippen molar-refractivity contribution in [2.24, 2.45) is 0 Å². The molecule has 0 radical (unpaired) electrons. The molecule has 2 aromatic carbocycles. The van der Waals surface area contributed by atoms with Crippen LogP contribution in [0.4, 0.5) is 11.4 Å². The second-order valence-corrected chi connectivity index (χ2v) is 7.74. The van der Waals surface area contributed by atoms with Crippen molar-refractivity contribution in [1.82, 2.24) is 15.1 Å². The van der Waals surface area contributed by atoms with Crippen molar-refractivity contribution in [3.05, 3.63) is 53.7 Å². The topological polar surface area (TPSA) is 99.3 Å². The van der Waals surface area contributed by atoms with Gasteiger partial charge in [0.25, 0.3) is 5.91 Å². The molecule has 31 heavy (non-hydrogen) atoms. The molecule has 4 rings (SSSR count). The number of benzene rings is 2. The number of hydrogen-bond donors (Lipinski definition) is 3. The molecule has 0 aliphatic carbocycles. The number of aromatic nitrogens is 2. The van der Waals surface area contributed by atoms with Crippen molar-refractivity contribution in [3.8, 4) is 0 Å². The van der Waals surface area contributed by atoms with Gasteiger partial charge in [-0.2, -0.15) is 5.10 Å². The fourth-order valence-electron chi connectivity index (χ4n) is 3.48. The van der Waals surface area contributed by atoms with Gasteiger partial charge in [0, 0.05) is 48.7 Å². The van der Waals surface area contributed by atoms with Crippen LogP contribution in [0.15, 0.2) is 42.5 Å². The van der Waals surface area contributed by atoms with Crippen LogP contribution >= 0.6 is 11.6 Å². The van der Waals surface area contributed by atoms with E-state index >= 15 is 0 Å². The molecule has 0 atom stereocenters. The van der Waals surface area contributed by atoms with Gasteiger partial charge in [-0.3, -0.25) is 19.6 Å². The van der Waals surface area contributed by atoms with Crippen LogP contribution in [0.2, 0.25) is 0 Å². The second-order valence-electron chi connectivity index (χ2n) is 7.36. The van der Waals surface area contributed by atoms with E-state index in [1.807, 2.05) is 24.3 Å². The Labute approximate surface area is 184 Å². The van der Waals surface area contributed by atoms with Gasteiger partial charge in [-0.05, 0) is 35.9 Å². The van der Waals surface area contributed by atoms with Crippen molar-refractivity contribution in [1.29, 1.82) is 0 Å². The number of carbonyl (C=O) groups is 2. The molecular weight excluding hydrogens is 418 g/mol. The lowest BCUT2D eigenvalue weighted by atomic mass is 10.1. The minimum atomic E-state index is -0.323. The highest BCUT2D eigenvalue weighted by atomic mass is 35.5. The summed E-state index contributed by atoms with van der Waals surface area (Å²) in [5, 5.41) is 13.3. The summed E-state index contributed by atoms with van der Waals surface area (Å²) in [5.74, 6) is -0.254. The normalized spacial score (nSPS) is 14.5. The summed E-state index contributed by atoms with van der Waals surface area (Å²) in [5.41, 5.74) is 3.44. The van der Waals surface area contributed by atoms with E-state index in [2.05, 4.69) is 25.7 Å². The smallest absolute Gasteiger partial charge is 0.276 e. The predicted molar refractivity (Wildman–Crippen MR) is 121 cm³/mol. The number of alkyl halides is 1. The Balaban J connectivity index is 1.43. The number of H-pyrrole nitrogens is 1. The zero-order valence-electron chi connectivity index (χ0n) is 17.0. The van der Waals surface area contributed by atoms with Crippen LogP contribution in [0.25, 0.3) is 10.9 Å². The molecule has 0 spiro atoms. The number of aromatic amines is 1. The standard InChI is InChI=1S/C22H24ClN5O3/c23-8-7-20(29)24-17-5-6-19-18(13-17)21(27-26-19)22(30)25-16-3-1-15(2-4-16)14-28-9-11-31-12-10-28/h1-6,13H,7-12,14H2,(H,24,29)(H,25,30)(H,26,27). The molecule has 0 unspecified atom stereocenters. The maximum Gasteiger partial charge on any atom is 0.276 e. The number of fused-ring (bicyclic) bond motifs is 1. The van der Waals surface area contributed by atoms with E-state index in [1.165, 1.54) is 5.56 Å². The number of halogens is 1. The maximum atomic E-state index is 12.8. The fraction of sp³-hybridized carbons (Fsp3) is 0.318. The lowest BCUT2D eigenvalue weighted by Gasteiger charge is -2.26. The van der Waals surface area contributed by atoms with Gasteiger partial charge >= 0.3 is 0 Å². The van der Waals surface area contributed by atoms with E-state index in [1.54, 1.807) is 18.2 Å². The maximum absolute atomic E-state index is 12.8. The molecule has 1 aromatic heterocycles. The van der Waals surface area contributed by atoms with Crippen LogP contribution in [0.5, 0.6) is 0 Å². The van der Waals surface area contributed by atoms with Gasteiger partial charge in [0.15, 0.2) is 5.69 Å². The van der Waals surface area contributed by atoms with E-state index in [0.717, 1.165) is 32.8 Å². The lowest BCUT2D eigenvalue weighted by molar-refractivity contribution is -0.115. The Morgan fingerprint density at radius 2 is 1.81 bits per heavy atom. The number of hydrogen-bond acceptors (Lipinski definition) is 5. The van der Waals surface area contributed by atoms with Crippen molar-refractivity contribution in [3.63, 3.8) is 0 Å². The minimum absolute atomic E-state index is 0.180. The molecule has 0 saturated carbocycles. The number of nitrogens with zero attached hydrogens (tertiary/aromatic N) is 2. The summed E-state index contributed by atoms with van der Waals surface area (Å²) in [7, 11) is 0. The van der Waals surface area contributed by atoms with Gasteiger partial charge in [-0.1, -0.05) is 12.1 Å². The van der Waals surface area contributed by atoms with Crippen LogP contribution in [0.1, 0.15) is 22.5 Å². The zero-order chi connectivity index (χ0) is 21.6. The molecule has 2 heterocycles. The molecule has 0 bridgehead atoms. The third kappa shape index (κ3) is 5.41. The van der Waals surface area contributed by atoms with E-state index in [4.69, 9.17) is 16.3 Å². The largest absolute Gasteiger partial charge is 0.379 e. The number of anilines is 2. The van der Waals surface area contributed by atoms with Crippen LogP contribution in [-0.2, 0) is 16.1 Å². The van der Waals surface area contributed by atoms with Crippen LogP contribution in [0.3, 0.4) is 0 Å². The van der Waals surface area contributed by atoms with Gasteiger partial charge in [-0.15, -0.1) is 11.6 Å². The Morgan fingerprint density at radius 3 is 2.55 bits per heavy atom. The summed E-state index contributed by atoms with van der Waals surface area (Å²) in [6.45, 7) is 4.26. The molecule has 2 amide bonds. The average Bonchev–Trinajstić information content (AvgIpc) is 3.19. The number of amides is 2. The first-order chi connectivity index (χ1) is 15.1. The molecule has 3 aromatic rings. The Bertz CT molecular complexity index is 1060. The Hall–Kier alpha value is -2.94. The monoisotopic (exact) mass is 441 g/mol. The lowest BCUT2D eigenvalue weighted by Crippen LogP contribution is -2.35. The average molecular weight is 442 g/mol. The first kappa shape index (κ1) is 21.3. The van der Waals surface area contributed by atoms with Crippen LogP contribution < -0.4 is 10.6 Å². The molecule has 8 nitrogen and oxygen atoms in total. The highest BCUT2D eigenvalue weighted by Crippen LogP contribution is 2.22. The van der Waals surface area contributed by atoms with Crippen molar-refractivity contribution in [2.45, 2.75) is 13.0 Å². The summed E-state index contributed by atoms with van der Waals surface area (Å²) in [6, 6.07) is 13.1. The quantitative estimate of drug-likeness (QED) is 0.489. The van der Waals surface area contributed by atoms with E-state index in [9.17, 15) is 9.59 Å². The van der Waals surface area contributed by atoms with Crippen molar-refractivity contribution in [2.75, 3.05) is 42.8 Å². The third-order valence-corrected chi connectivity index (χ3v) is 5.29. The van der Waals surface area contributed by atoms with E-state index in [-0.39, 0.29) is 29.8 Å². The molecule has 3 N–H and O–H groups in total. The highest BCUT2D eigenvalue weighted by molar-refractivity contribution is 6.19. The number of nitrogens with one attached hydrogen (secondary N) is 3. The predicted octanol–water partition coefficient (Wildman–Crippen LogP) is 3.21. The third-order valence-electron chi connectivity index (χ3n) is 5.10. The summed E-state index contributed by atoms with van der Waals surface area (Å²) >= 11 is 5.61. The summed E-state index contributed by atoms with van der Waals surface area (Å²) < 4.78 is 5.38. The molecule has 1 fully saturated rings. The molecule has 1 aliphatic heterocycles. The molecule has 9 heteroatoms. The van der Waals surface area contributed by atoms with Crippen LogP contribution in [-0.4, -0.2) is 59.1 Å². The Morgan fingerprint density at radius 1 is 1.06 bits per heavy atom. The summed E-state index contributed by atoms with van der Waals surface area (Å²) in [6.07, 6.45) is 0.222. The first-order valence-electron chi connectivity index (χ1n) is 10.2. The van der Waals surface area contributed by atoms with Gasteiger partial charge in [0.2, 0.25) is 5.91 Å². The Kier molecular flexibility index (Phi) is 6.81. The van der Waals surface area contributed by atoms with Gasteiger partial charge in [-0.25, -0.2) is 0 Å². The first-order valence-corrected chi connectivity index (χ1v) is 10.7. The molecule has 1 saturated heterocycles. The molecule has 162 valence electrons. The van der Waals surface area contributed by atoms with Gasteiger partial charge in [0.1, 0.15) is 0 Å². The van der Waals surface area contributed by atoms with Crippen LogP contribution in [0, 0.1) is 0 Å². The van der Waals surface area contributed by atoms with E-state index < -0.39 is 0 Å². The van der Waals surface area contributed by atoms with Gasteiger partial charge in [0.05, 0.1) is 18.7 Å². The number of rotatable bonds is 7. The number of carbonyl (C=O) groups excluding carboxylic acids is 2. The van der Waals surface area contributed by atoms with E-state index in [0.29, 0.717) is 22.3 Å².